The van der Waals surface area contributed by atoms with Crippen LogP contribution in [0.3, 0.4) is 0 Å². The molecule has 0 radical (unpaired) electrons. The summed E-state index contributed by atoms with van der Waals surface area (Å²) < 4.78 is 56.9. The SMILES string of the molecule is CCn1cc(N2CC(F)(F)C(F)(F)C2)c2nc(SCc3ccc(Cl)c(CC(=O)O)c3)ncc21. The van der Waals surface area contributed by atoms with Crippen molar-refractivity contribution in [3.63, 3.8) is 0 Å². The lowest BCUT2D eigenvalue weighted by Crippen LogP contribution is -2.38. The molecular weight excluding hydrogens is 484 g/mol. The third-order valence-electron chi connectivity index (χ3n) is 5.39. The van der Waals surface area contributed by atoms with Crippen LogP contribution in [0, 0.1) is 0 Å². The minimum atomic E-state index is -4.12. The predicted molar refractivity (Wildman–Crippen MR) is 118 cm³/mol. The van der Waals surface area contributed by atoms with Gasteiger partial charge in [0.05, 0.1) is 36.9 Å². The van der Waals surface area contributed by atoms with Crippen molar-refractivity contribution < 1.29 is 27.5 Å². The molecule has 1 aromatic carbocycles. The number of hydrogen-bond donors (Lipinski definition) is 1. The summed E-state index contributed by atoms with van der Waals surface area (Å²) in [4.78, 5) is 20.7. The van der Waals surface area contributed by atoms with Gasteiger partial charge in [0.15, 0.2) is 5.16 Å². The zero-order valence-corrected chi connectivity index (χ0v) is 18.9. The minimum Gasteiger partial charge on any atom is -0.481 e. The number of aryl methyl sites for hydroxylation is 1. The first-order chi connectivity index (χ1) is 15.5. The van der Waals surface area contributed by atoms with Gasteiger partial charge in [-0.05, 0) is 24.1 Å². The molecule has 0 unspecified atom stereocenters. The standard InChI is InChI=1S/C21H19ClF4N4O2S/c1-2-29-8-16(30-10-20(23,24)21(25,26)11-30)18-15(29)7-27-19(28-18)33-9-12-3-4-14(22)13(5-12)6-17(31)32/h3-5,7-8H,2,6,9-11H2,1H3,(H,31,32). The van der Waals surface area contributed by atoms with Crippen molar-refractivity contribution in [3.05, 3.63) is 46.7 Å². The van der Waals surface area contributed by atoms with Gasteiger partial charge in [0.1, 0.15) is 5.52 Å². The highest BCUT2D eigenvalue weighted by Gasteiger charge is 2.63. The van der Waals surface area contributed by atoms with Gasteiger partial charge in [-0.2, -0.15) is 17.6 Å². The number of thioether (sulfide) groups is 1. The number of aromatic nitrogens is 3. The van der Waals surface area contributed by atoms with E-state index in [1.165, 1.54) is 11.8 Å². The Labute approximate surface area is 195 Å². The maximum atomic E-state index is 13.8. The number of hydrogen-bond acceptors (Lipinski definition) is 5. The van der Waals surface area contributed by atoms with Gasteiger partial charge < -0.3 is 14.6 Å². The fourth-order valence-corrected chi connectivity index (χ4v) is 4.64. The van der Waals surface area contributed by atoms with E-state index in [2.05, 4.69) is 9.97 Å². The molecule has 1 N–H and O–H groups in total. The number of carboxylic acid groups (broad SMARTS) is 1. The molecule has 2 aromatic heterocycles. The predicted octanol–water partition coefficient (Wildman–Crippen LogP) is 5.11. The molecule has 176 valence electrons. The van der Waals surface area contributed by atoms with Gasteiger partial charge in [-0.1, -0.05) is 35.5 Å². The molecule has 0 spiro atoms. The van der Waals surface area contributed by atoms with Crippen LogP contribution in [-0.2, 0) is 23.5 Å². The Balaban J connectivity index is 1.61. The van der Waals surface area contributed by atoms with E-state index in [9.17, 15) is 22.4 Å². The van der Waals surface area contributed by atoms with Gasteiger partial charge in [-0.3, -0.25) is 4.79 Å². The second-order valence-corrected chi connectivity index (χ2v) is 9.09. The van der Waals surface area contributed by atoms with Crippen LogP contribution in [0.15, 0.2) is 35.7 Å². The van der Waals surface area contributed by atoms with Gasteiger partial charge in [0.2, 0.25) is 0 Å². The van der Waals surface area contributed by atoms with Crippen LogP contribution in [0.4, 0.5) is 23.2 Å². The van der Waals surface area contributed by atoms with Crippen LogP contribution in [0.2, 0.25) is 5.02 Å². The Bertz CT molecular complexity index is 1200. The van der Waals surface area contributed by atoms with Crippen molar-refractivity contribution in [1.29, 1.82) is 0 Å². The number of rotatable bonds is 7. The van der Waals surface area contributed by atoms with Gasteiger partial charge >= 0.3 is 17.8 Å². The molecule has 1 saturated heterocycles. The number of halogens is 5. The molecule has 0 bridgehead atoms. The average Bonchev–Trinajstić information content (AvgIpc) is 3.21. The molecule has 0 aliphatic carbocycles. The first kappa shape index (κ1) is 23.6. The van der Waals surface area contributed by atoms with Crippen LogP contribution < -0.4 is 4.90 Å². The summed E-state index contributed by atoms with van der Waals surface area (Å²) in [5.74, 6) is -8.85. The van der Waals surface area contributed by atoms with E-state index in [0.717, 1.165) is 10.5 Å². The van der Waals surface area contributed by atoms with Gasteiger partial charge in [0.25, 0.3) is 0 Å². The number of anilines is 1. The smallest absolute Gasteiger partial charge is 0.329 e. The molecule has 1 aliphatic heterocycles. The van der Waals surface area contributed by atoms with E-state index in [0.29, 0.717) is 39.1 Å². The van der Waals surface area contributed by atoms with E-state index in [4.69, 9.17) is 16.7 Å². The molecule has 3 aromatic rings. The summed E-state index contributed by atoms with van der Waals surface area (Å²) in [7, 11) is 0. The van der Waals surface area contributed by atoms with Gasteiger partial charge in [0, 0.05) is 23.5 Å². The van der Waals surface area contributed by atoms with Crippen LogP contribution in [-0.4, -0.2) is 50.5 Å². The second-order valence-electron chi connectivity index (χ2n) is 7.74. The second kappa shape index (κ2) is 8.68. The number of nitrogens with zero attached hydrogens (tertiary/aromatic N) is 4. The summed E-state index contributed by atoms with van der Waals surface area (Å²) in [5.41, 5.74) is 2.38. The third kappa shape index (κ3) is 4.61. The van der Waals surface area contributed by atoms with Crippen LogP contribution in [0.5, 0.6) is 0 Å². The van der Waals surface area contributed by atoms with Crippen LogP contribution in [0.25, 0.3) is 11.0 Å². The molecule has 33 heavy (non-hydrogen) atoms. The van der Waals surface area contributed by atoms with Crippen molar-refractivity contribution in [2.24, 2.45) is 0 Å². The zero-order valence-electron chi connectivity index (χ0n) is 17.4. The molecule has 12 heteroatoms. The summed E-state index contributed by atoms with van der Waals surface area (Å²) >= 11 is 7.30. The molecule has 4 rings (SSSR count). The lowest BCUT2D eigenvalue weighted by atomic mass is 10.1. The minimum absolute atomic E-state index is 0.210. The number of benzene rings is 1. The lowest BCUT2D eigenvalue weighted by Gasteiger charge is -2.15. The molecule has 0 amide bonds. The normalized spacial score (nSPS) is 17.1. The number of carbonyl (C=O) groups is 1. The number of aliphatic carboxylic acids is 1. The summed E-state index contributed by atoms with van der Waals surface area (Å²) in [6.45, 7) is 0.150. The largest absolute Gasteiger partial charge is 0.481 e. The molecule has 0 saturated carbocycles. The average molecular weight is 503 g/mol. The van der Waals surface area contributed by atoms with Gasteiger partial charge in [-0.25, -0.2) is 9.97 Å². The third-order valence-corrected chi connectivity index (χ3v) is 6.69. The summed E-state index contributed by atoms with van der Waals surface area (Å²) in [6, 6.07) is 5.06. The maximum Gasteiger partial charge on any atom is 0.329 e. The number of alkyl halides is 4. The van der Waals surface area contributed by atoms with Crippen molar-refractivity contribution in [3.8, 4) is 0 Å². The first-order valence-electron chi connectivity index (χ1n) is 9.99. The Morgan fingerprint density at radius 3 is 2.58 bits per heavy atom. The van der Waals surface area contributed by atoms with Crippen molar-refractivity contribution in [1.82, 2.24) is 14.5 Å². The molecule has 6 nitrogen and oxygen atoms in total. The van der Waals surface area contributed by atoms with E-state index in [1.54, 1.807) is 35.2 Å². The topological polar surface area (TPSA) is 71.2 Å². The van der Waals surface area contributed by atoms with Crippen molar-refractivity contribution in [2.75, 3.05) is 18.0 Å². The van der Waals surface area contributed by atoms with Crippen LogP contribution in [0.1, 0.15) is 18.1 Å². The van der Waals surface area contributed by atoms with E-state index in [1.807, 2.05) is 6.92 Å². The maximum absolute atomic E-state index is 13.8. The fraction of sp³-hybridized carbons (Fsp3) is 0.381. The highest BCUT2D eigenvalue weighted by Crippen LogP contribution is 2.44. The summed E-state index contributed by atoms with van der Waals surface area (Å²) in [6.07, 6.45) is 2.88. The van der Waals surface area contributed by atoms with E-state index < -0.39 is 30.9 Å². The zero-order chi connectivity index (χ0) is 24.0. The Morgan fingerprint density at radius 2 is 1.94 bits per heavy atom. The highest BCUT2D eigenvalue weighted by atomic mass is 35.5. The Morgan fingerprint density at radius 1 is 1.24 bits per heavy atom. The molecule has 0 atom stereocenters. The quantitative estimate of drug-likeness (QED) is 0.275. The highest BCUT2D eigenvalue weighted by molar-refractivity contribution is 7.98. The van der Waals surface area contributed by atoms with E-state index >= 15 is 0 Å². The molecule has 1 aliphatic rings. The number of carboxylic acids is 1. The van der Waals surface area contributed by atoms with Gasteiger partial charge in [-0.15, -0.1) is 0 Å². The number of fused-ring (bicyclic) bond motifs is 1. The Hall–Kier alpha value is -2.53. The van der Waals surface area contributed by atoms with Crippen LogP contribution >= 0.6 is 23.4 Å². The summed E-state index contributed by atoms with van der Waals surface area (Å²) in [5, 5.41) is 9.70. The monoisotopic (exact) mass is 502 g/mol. The Kier molecular flexibility index (Phi) is 6.21. The molecular formula is C21H19ClF4N4O2S. The lowest BCUT2D eigenvalue weighted by molar-refractivity contribution is -0.172. The molecule has 1 fully saturated rings. The van der Waals surface area contributed by atoms with Crippen molar-refractivity contribution in [2.45, 2.75) is 42.6 Å². The van der Waals surface area contributed by atoms with Crippen molar-refractivity contribution >= 4 is 46.1 Å². The first-order valence-corrected chi connectivity index (χ1v) is 11.4. The fourth-order valence-electron chi connectivity index (χ4n) is 3.70. The van der Waals surface area contributed by atoms with E-state index in [-0.39, 0.29) is 12.1 Å². The molecule has 3 heterocycles.